The van der Waals surface area contributed by atoms with Crippen LogP contribution in [0.5, 0.6) is 0 Å². The summed E-state index contributed by atoms with van der Waals surface area (Å²) in [5, 5.41) is 8.99. The summed E-state index contributed by atoms with van der Waals surface area (Å²) in [6, 6.07) is 23.4. The zero-order chi connectivity index (χ0) is 18.6. The average molecular weight is 359 g/mol. The van der Waals surface area contributed by atoms with Gasteiger partial charge in [0.2, 0.25) is 0 Å². The topological polar surface area (TPSA) is 44.4 Å². The number of amides is 2. The predicted octanol–water partition coefficient (Wildman–Crippen LogP) is 3.70. The highest BCUT2D eigenvalue weighted by Crippen LogP contribution is 2.17. The number of hydrogen-bond acceptors (Lipinski definition) is 2. The Balaban J connectivity index is 1.31. The molecule has 3 aromatic carbocycles. The third-order valence-corrected chi connectivity index (χ3v) is 5.25. The maximum absolute atomic E-state index is 12.5. The number of nitrogens with one attached hydrogen (secondary N) is 2. The maximum atomic E-state index is 12.5. The van der Waals surface area contributed by atoms with E-state index in [1.165, 1.54) is 21.9 Å². The SMILES string of the molecule is CN(Cc1ccc2ccccc2c1)C(=O)NCC1Cc2ccccc2CN1. The molecular weight excluding hydrogens is 334 g/mol. The Morgan fingerprint density at radius 2 is 1.78 bits per heavy atom. The van der Waals surface area contributed by atoms with Crippen LogP contribution in [0, 0.1) is 0 Å². The van der Waals surface area contributed by atoms with Crippen LogP contribution >= 0.6 is 0 Å². The fourth-order valence-electron chi connectivity index (χ4n) is 3.69. The summed E-state index contributed by atoms with van der Waals surface area (Å²) in [6.07, 6.45) is 0.949. The number of nitrogens with zero attached hydrogens (tertiary/aromatic N) is 1. The Hall–Kier alpha value is -2.85. The minimum absolute atomic E-state index is 0.0381. The number of rotatable bonds is 4. The lowest BCUT2D eigenvalue weighted by Crippen LogP contribution is -2.47. The van der Waals surface area contributed by atoms with Crippen LogP contribution < -0.4 is 10.6 Å². The Morgan fingerprint density at radius 1 is 1.04 bits per heavy atom. The zero-order valence-corrected chi connectivity index (χ0v) is 15.6. The van der Waals surface area contributed by atoms with E-state index in [4.69, 9.17) is 0 Å². The number of fused-ring (bicyclic) bond motifs is 2. The van der Waals surface area contributed by atoms with Crippen LogP contribution in [0.2, 0.25) is 0 Å². The van der Waals surface area contributed by atoms with Gasteiger partial charge >= 0.3 is 6.03 Å². The van der Waals surface area contributed by atoms with Crippen molar-refractivity contribution in [2.75, 3.05) is 13.6 Å². The van der Waals surface area contributed by atoms with Crippen molar-refractivity contribution < 1.29 is 4.79 Å². The minimum Gasteiger partial charge on any atom is -0.336 e. The second kappa shape index (κ2) is 7.80. The number of carbonyl (C=O) groups excluding carboxylic acids is 1. The van der Waals surface area contributed by atoms with Crippen molar-refractivity contribution in [1.82, 2.24) is 15.5 Å². The molecule has 3 aromatic rings. The lowest BCUT2D eigenvalue weighted by atomic mass is 9.96. The Bertz CT molecular complexity index is 953. The molecule has 27 heavy (non-hydrogen) atoms. The highest BCUT2D eigenvalue weighted by Gasteiger charge is 2.18. The molecule has 0 aromatic heterocycles. The zero-order valence-electron chi connectivity index (χ0n) is 15.6. The van der Waals surface area contributed by atoms with Crippen molar-refractivity contribution in [1.29, 1.82) is 0 Å². The first-order valence-electron chi connectivity index (χ1n) is 9.46. The molecule has 0 saturated carbocycles. The molecule has 1 unspecified atom stereocenters. The summed E-state index contributed by atoms with van der Waals surface area (Å²) in [5.74, 6) is 0. The van der Waals surface area contributed by atoms with Crippen LogP contribution in [0.3, 0.4) is 0 Å². The van der Waals surface area contributed by atoms with Crippen molar-refractivity contribution in [2.45, 2.75) is 25.6 Å². The normalized spacial score (nSPS) is 16.0. The monoisotopic (exact) mass is 359 g/mol. The molecule has 0 saturated heterocycles. The highest BCUT2D eigenvalue weighted by atomic mass is 16.2. The molecule has 0 spiro atoms. The number of urea groups is 1. The summed E-state index contributed by atoms with van der Waals surface area (Å²) in [7, 11) is 1.84. The van der Waals surface area contributed by atoms with Gasteiger partial charge in [-0.2, -0.15) is 0 Å². The van der Waals surface area contributed by atoms with Crippen molar-refractivity contribution in [3.05, 3.63) is 83.4 Å². The molecule has 138 valence electrons. The molecule has 2 amide bonds. The summed E-state index contributed by atoms with van der Waals surface area (Å²) in [4.78, 5) is 14.2. The number of carbonyl (C=O) groups is 1. The molecular formula is C23H25N3O. The van der Waals surface area contributed by atoms with Gasteiger partial charge in [-0.05, 0) is 39.9 Å². The van der Waals surface area contributed by atoms with Crippen molar-refractivity contribution in [3.63, 3.8) is 0 Å². The van der Waals surface area contributed by atoms with Gasteiger partial charge in [0, 0.05) is 32.7 Å². The van der Waals surface area contributed by atoms with Crippen molar-refractivity contribution in [3.8, 4) is 0 Å². The first kappa shape index (κ1) is 17.6. The van der Waals surface area contributed by atoms with E-state index in [9.17, 15) is 4.79 Å². The second-order valence-corrected chi connectivity index (χ2v) is 7.27. The molecule has 0 fully saturated rings. The van der Waals surface area contributed by atoms with Gasteiger partial charge < -0.3 is 15.5 Å². The molecule has 4 heteroatoms. The largest absolute Gasteiger partial charge is 0.336 e. The number of hydrogen-bond donors (Lipinski definition) is 2. The van der Waals surface area contributed by atoms with E-state index in [1.54, 1.807) is 4.90 Å². The van der Waals surface area contributed by atoms with Gasteiger partial charge in [0.1, 0.15) is 0 Å². The van der Waals surface area contributed by atoms with E-state index in [1.807, 2.05) is 19.2 Å². The average Bonchev–Trinajstić information content (AvgIpc) is 2.71. The lowest BCUT2D eigenvalue weighted by Gasteiger charge is -2.27. The third-order valence-electron chi connectivity index (χ3n) is 5.25. The van der Waals surface area contributed by atoms with E-state index in [0.717, 1.165) is 18.5 Å². The summed E-state index contributed by atoms with van der Waals surface area (Å²) < 4.78 is 0. The molecule has 2 N–H and O–H groups in total. The van der Waals surface area contributed by atoms with E-state index >= 15 is 0 Å². The Labute approximate surface area is 160 Å². The molecule has 4 nitrogen and oxygen atoms in total. The van der Waals surface area contributed by atoms with E-state index in [0.29, 0.717) is 13.1 Å². The smallest absolute Gasteiger partial charge is 0.317 e. The van der Waals surface area contributed by atoms with E-state index in [2.05, 4.69) is 65.2 Å². The summed E-state index contributed by atoms with van der Waals surface area (Å²) >= 11 is 0. The second-order valence-electron chi connectivity index (χ2n) is 7.27. The molecule has 1 aliphatic rings. The quantitative estimate of drug-likeness (QED) is 0.746. The molecule has 1 atom stereocenters. The van der Waals surface area contributed by atoms with Gasteiger partial charge in [0.05, 0.1) is 0 Å². The third kappa shape index (κ3) is 4.12. The summed E-state index contributed by atoms with van der Waals surface area (Å²) in [6.45, 7) is 2.09. The Kier molecular flexibility index (Phi) is 5.07. The van der Waals surface area contributed by atoms with Crippen LogP contribution in [0.1, 0.15) is 16.7 Å². The first-order chi connectivity index (χ1) is 13.2. The van der Waals surface area contributed by atoms with Gasteiger partial charge in [-0.15, -0.1) is 0 Å². The first-order valence-corrected chi connectivity index (χ1v) is 9.46. The van der Waals surface area contributed by atoms with Crippen LogP contribution in [-0.2, 0) is 19.5 Å². The fourth-order valence-corrected chi connectivity index (χ4v) is 3.69. The van der Waals surface area contributed by atoms with Gasteiger partial charge in [-0.1, -0.05) is 60.7 Å². The number of benzene rings is 3. The van der Waals surface area contributed by atoms with E-state index < -0.39 is 0 Å². The van der Waals surface area contributed by atoms with Crippen molar-refractivity contribution in [2.24, 2.45) is 0 Å². The standard InChI is InChI=1S/C23H25N3O/c1-26(16-17-10-11-18-6-2-3-7-19(18)12-17)23(27)25-15-22-13-20-8-4-5-9-21(20)14-24-22/h2-12,22,24H,13-16H2,1H3,(H,25,27). The predicted molar refractivity (Wildman–Crippen MR) is 110 cm³/mol. The molecule has 0 radical (unpaired) electrons. The minimum atomic E-state index is -0.0381. The van der Waals surface area contributed by atoms with Crippen molar-refractivity contribution >= 4 is 16.8 Å². The summed E-state index contributed by atoms with van der Waals surface area (Å²) in [5.41, 5.74) is 3.87. The van der Waals surface area contributed by atoms with E-state index in [-0.39, 0.29) is 12.1 Å². The van der Waals surface area contributed by atoms with Crippen LogP contribution in [0.15, 0.2) is 66.7 Å². The Morgan fingerprint density at radius 3 is 2.63 bits per heavy atom. The van der Waals surface area contributed by atoms with Crippen LogP contribution in [-0.4, -0.2) is 30.6 Å². The van der Waals surface area contributed by atoms with Crippen LogP contribution in [0.25, 0.3) is 10.8 Å². The van der Waals surface area contributed by atoms with Gasteiger partial charge in [0.15, 0.2) is 0 Å². The molecule has 1 aliphatic heterocycles. The molecule has 1 heterocycles. The van der Waals surface area contributed by atoms with Gasteiger partial charge in [-0.25, -0.2) is 4.79 Å². The molecule has 0 bridgehead atoms. The van der Waals surface area contributed by atoms with Gasteiger partial charge in [0.25, 0.3) is 0 Å². The van der Waals surface area contributed by atoms with Crippen LogP contribution in [0.4, 0.5) is 4.79 Å². The van der Waals surface area contributed by atoms with Gasteiger partial charge in [-0.3, -0.25) is 0 Å². The highest BCUT2D eigenvalue weighted by molar-refractivity contribution is 5.83. The lowest BCUT2D eigenvalue weighted by molar-refractivity contribution is 0.205. The fraction of sp³-hybridized carbons (Fsp3) is 0.261. The molecule has 0 aliphatic carbocycles. The molecule has 4 rings (SSSR count). The maximum Gasteiger partial charge on any atom is 0.317 e.